The molecule has 1 saturated heterocycles. The number of carbonyl (C=O) groups is 2. The van der Waals surface area contributed by atoms with Crippen molar-refractivity contribution in [1.82, 2.24) is 14.9 Å². The lowest BCUT2D eigenvalue weighted by atomic mass is 9.89. The van der Waals surface area contributed by atoms with Crippen LogP contribution in [0.15, 0.2) is 53.4 Å². The average Bonchev–Trinajstić information content (AvgIpc) is 3.32. The fourth-order valence-corrected chi connectivity index (χ4v) is 6.30. The Hall–Kier alpha value is -2.85. The van der Waals surface area contributed by atoms with Crippen molar-refractivity contribution in [3.8, 4) is 0 Å². The molecule has 2 fully saturated rings. The molecule has 0 aromatic heterocycles. The van der Waals surface area contributed by atoms with Gasteiger partial charge in [0.2, 0.25) is 15.9 Å². The minimum Gasteiger partial charge on any atom is -0.350 e. The van der Waals surface area contributed by atoms with Crippen LogP contribution in [-0.2, 0) is 14.8 Å². The van der Waals surface area contributed by atoms with E-state index in [0.717, 1.165) is 25.0 Å². The Kier molecular flexibility index (Phi) is 7.27. The topological polar surface area (TPSA) is 95.6 Å². The fourth-order valence-electron chi connectivity index (χ4n) is 4.64. The van der Waals surface area contributed by atoms with Crippen LogP contribution < -0.4 is 10.6 Å². The van der Waals surface area contributed by atoms with Crippen molar-refractivity contribution in [1.29, 1.82) is 0 Å². The maximum absolute atomic E-state index is 13.3. The summed E-state index contributed by atoms with van der Waals surface area (Å²) >= 11 is 0. The van der Waals surface area contributed by atoms with E-state index in [9.17, 15) is 26.8 Å². The third-order valence-corrected chi connectivity index (χ3v) is 8.37. The number of amides is 2. The van der Waals surface area contributed by atoms with Crippen LogP contribution in [0.4, 0.5) is 8.78 Å². The number of hydrogen-bond donors (Lipinski definition) is 2. The molecule has 2 aromatic rings. The molecule has 0 spiro atoms. The van der Waals surface area contributed by atoms with E-state index < -0.39 is 33.6 Å². The van der Waals surface area contributed by atoms with Crippen LogP contribution in [-0.4, -0.2) is 49.2 Å². The predicted octanol–water partition coefficient (Wildman–Crippen LogP) is 2.98. The van der Waals surface area contributed by atoms with E-state index in [1.165, 1.54) is 40.7 Å². The van der Waals surface area contributed by atoms with E-state index in [1.807, 2.05) is 0 Å². The number of carbonyl (C=O) groups excluding carboxylic acids is 2. The highest BCUT2D eigenvalue weighted by atomic mass is 32.2. The van der Waals surface area contributed by atoms with E-state index in [-0.39, 0.29) is 29.4 Å². The molecular formula is C24H27F2N3O4S. The van der Waals surface area contributed by atoms with E-state index in [2.05, 4.69) is 10.6 Å². The molecule has 2 aromatic carbocycles. The summed E-state index contributed by atoms with van der Waals surface area (Å²) in [6.45, 7) is 0.202. The quantitative estimate of drug-likeness (QED) is 0.650. The van der Waals surface area contributed by atoms with Crippen molar-refractivity contribution in [3.63, 3.8) is 0 Å². The molecule has 7 nitrogen and oxygen atoms in total. The highest BCUT2D eigenvalue weighted by Gasteiger charge is 2.41. The highest BCUT2D eigenvalue weighted by Crippen LogP contribution is 2.27. The van der Waals surface area contributed by atoms with Gasteiger partial charge in [0, 0.05) is 24.2 Å². The van der Waals surface area contributed by atoms with Gasteiger partial charge in [0.25, 0.3) is 5.91 Å². The predicted molar refractivity (Wildman–Crippen MR) is 121 cm³/mol. The third-order valence-electron chi connectivity index (χ3n) is 6.44. The van der Waals surface area contributed by atoms with Crippen LogP contribution in [0.5, 0.6) is 0 Å². The Bertz CT molecular complexity index is 1140. The first-order chi connectivity index (χ1) is 16.3. The van der Waals surface area contributed by atoms with Gasteiger partial charge in [-0.15, -0.1) is 0 Å². The summed E-state index contributed by atoms with van der Waals surface area (Å²) in [5.74, 6) is -1.74. The number of benzene rings is 2. The summed E-state index contributed by atoms with van der Waals surface area (Å²) < 4.78 is 53.8. The van der Waals surface area contributed by atoms with Crippen LogP contribution in [0.3, 0.4) is 0 Å². The summed E-state index contributed by atoms with van der Waals surface area (Å²) in [6.07, 6.45) is 3.99. The van der Waals surface area contributed by atoms with E-state index in [1.54, 1.807) is 0 Å². The number of halogens is 2. The van der Waals surface area contributed by atoms with Crippen molar-refractivity contribution in [2.45, 2.75) is 61.5 Å². The summed E-state index contributed by atoms with van der Waals surface area (Å²) in [5, 5.41) is 5.89. The molecule has 1 heterocycles. The van der Waals surface area contributed by atoms with E-state index in [0.29, 0.717) is 31.2 Å². The molecule has 10 heteroatoms. The maximum atomic E-state index is 13.3. The molecule has 1 aliphatic carbocycles. The van der Waals surface area contributed by atoms with Crippen molar-refractivity contribution in [3.05, 3.63) is 65.7 Å². The highest BCUT2D eigenvalue weighted by molar-refractivity contribution is 7.89. The van der Waals surface area contributed by atoms with Gasteiger partial charge in [0.15, 0.2) is 0 Å². The van der Waals surface area contributed by atoms with E-state index >= 15 is 0 Å². The lowest BCUT2D eigenvalue weighted by Crippen LogP contribution is -2.56. The van der Waals surface area contributed by atoms with Gasteiger partial charge in [-0.1, -0.05) is 12.8 Å². The number of rotatable bonds is 6. The standard InChI is InChI=1S/C24H27F2N3O4S/c25-17-9-7-16(8-10-17)23(30)27-20-4-1-2-5-21(20)28-24(31)22-6-3-15-29(22)34(32,33)19-13-11-18(26)12-14-19/h7-14,20-22H,1-6,15H2,(H,27,30)(H,28,31)/t20-,21?,22-/m1/s1. The summed E-state index contributed by atoms with van der Waals surface area (Å²) in [5.41, 5.74) is 0.324. The van der Waals surface area contributed by atoms with Gasteiger partial charge in [0.1, 0.15) is 17.7 Å². The molecule has 3 atom stereocenters. The molecule has 1 saturated carbocycles. The van der Waals surface area contributed by atoms with Gasteiger partial charge in [-0.2, -0.15) is 4.31 Å². The van der Waals surface area contributed by atoms with Gasteiger partial charge in [0.05, 0.1) is 4.90 Å². The average molecular weight is 492 g/mol. The minimum absolute atomic E-state index is 0.0595. The molecular weight excluding hydrogens is 464 g/mol. The van der Waals surface area contributed by atoms with Crippen molar-refractivity contribution < 1.29 is 26.8 Å². The molecule has 1 unspecified atom stereocenters. The lowest BCUT2D eigenvalue weighted by Gasteiger charge is -2.34. The Labute approximate surface area is 197 Å². The van der Waals surface area contributed by atoms with Gasteiger partial charge in [-0.05, 0) is 74.2 Å². The number of sulfonamides is 1. The Balaban J connectivity index is 1.44. The normalized spacial score (nSPS) is 23.4. The molecule has 182 valence electrons. The maximum Gasteiger partial charge on any atom is 0.251 e. The van der Waals surface area contributed by atoms with Crippen LogP contribution >= 0.6 is 0 Å². The summed E-state index contributed by atoms with van der Waals surface area (Å²) in [6, 6.07) is 8.24. The van der Waals surface area contributed by atoms with Gasteiger partial charge >= 0.3 is 0 Å². The molecule has 1 aliphatic heterocycles. The fraction of sp³-hybridized carbons (Fsp3) is 0.417. The van der Waals surface area contributed by atoms with Gasteiger partial charge in [-0.3, -0.25) is 9.59 Å². The minimum atomic E-state index is -3.96. The van der Waals surface area contributed by atoms with Gasteiger partial charge in [-0.25, -0.2) is 17.2 Å². The molecule has 2 aliphatic rings. The van der Waals surface area contributed by atoms with Crippen molar-refractivity contribution in [2.75, 3.05) is 6.54 Å². The second kappa shape index (κ2) is 10.2. The first kappa shape index (κ1) is 24.3. The Morgan fingerprint density at radius 2 is 1.35 bits per heavy atom. The molecule has 2 amide bonds. The van der Waals surface area contributed by atoms with E-state index in [4.69, 9.17) is 0 Å². The summed E-state index contributed by atoms with van der Waals surface area (Å²) in [4.78, 5) is 25.7. The molecule has 0 radical (unpaired) electrons. The second-order valence-corrected chi connectivity index (χ2v) is 10.6. The Morgan fingerprint density at radius 3 is 1.97 bits per heavy atom. The van der Waals surface area contributed by atoms with Crippen molar-refractivity contribution >= 4 is 21.8 Å². The molecule has 34 heavy (non-hydrogen) atoms. The third kappa shape index (κ3) is 5.28. The van der Waals surface area contributed by atoms with Crippen molar-refractivity contribution in [2.24, 2.45) is 0 Å². The zero-order chi connectivity index (χ0) is 24.3. The van der Waals surface area contributed by atoms with Crippen LogP contribution in [0.2, 0.25) is 0 Å². The zero-order valence-electron chi connectivity index (χ0n) is 18.5. The molecule has 4 rings (SSSR count). The largest absolute Gasteiger partial charge is 0.350 e. The van der Waals surface area contributed by atoms with Gasteiger partial charge < -0.3 is 10.6 Å². The number of nitrogens with one attached hydrogen (secondary N) is 2. The van der Waals surface area contributed by atoms with Crippen LogP contribution in [0, 0.1) is 11.6 Å². The lowest BCUT2D eigenvalue weighted by molar-refractivity contribution is -0.125. The van der Waals surface area contributed by atoms with Crippen LogP contribution in [0.1, 0.15) is 48.9 Å². The summed E-state index contributed by atoms with van der Waals surface area (Å²) in [7, 11) is -3.96. The first-order valence-corrected chi connectivity index (χ1v) is 12.8. The Morgan fingerprint density at radius 1 is 0.794 bits per heavy atom. The smallest absolute Gasteiger partial charge is 0.251 e. The molecule has 2 N–H and O–H groups in total. The molecule has 0 bridgehead atoms. The van der Waals surface area contributed by atoms with Crippen LogP contribution in [0.25, 0.3) is 0 Å². The number of nitrogens with zero attached hydrogens (tertiary/aromatic N) is 1. The first-order valence-electron chi connectivity index (χ1n) is 11.4. The monoisotopic (exact) mass is 491 g/mol. The SMILES string of the molecule is O=C(N[C@@H]1CCCCC1NC(=O)[C@H]1CCCN1S(=O)(=O)c1ccc(F)cc1)c1ccc(F)cc1. The zero-order valence-corrected chi connectivity index (χ0v) is 19.4. The number of hydrogen-bond acceptors (Lipinski definition) is 4. The second-order valence-electron chi connectivity index (χ2n) is 8.71.